The summed E-state index contributed by atoms with van der Waals surface area (Å²) in [5.74, 6) is 1.00. The SMILES string of the molecule is CCOc1c(OC)cccc1[C@H]1CN2C(=O)CN(C)C(=O)[C@]2(C)c2[nH]c3ccccc3c21. The molecule has 0 unspecified atom stereocenters. The average Bonchev–Trinajstić information content (AvgIpc) is 3.19. The van der Waals surface area contributed by atoms with Gasteiger partial charge in [-0.25, -0.2) is 0 Å². The molecule has 2 atom stereocenters. The number of amides is 2. The molecule has 2 aromatic carbocycles. The number of piperazine rings is 1. The normalized spacial score (nSPS) is 22.7. The van der Waals surface area contributed by atoms with Crippen LogP contribution in [0.2, 0.25) is 0 Å². The van der Waals surface area contributed by atoms with E-state index in [1.807, 2.05) is 50.2 Å². The zero-order valence-electron chi connectivity index (χ0n) is 18.8. The molecule has 166 valence electrons. The maximum Gasteiger partial charge on any atom is 0.254 e. The number of carbonyl (C=O) groups is 2. The lowest BCUT2D eigenvalue weighted by molar-refractivity contribution is -0.164. The van der Waals surface area contributed by atoms with Crippen LogP contribution in [0.15, 0.2) is 42.5 Å². The fraction of sp³-hybridized carbons (Fsp3) is 0.360. The van der Waals surface area contributed by atoms with Gasteiger partial charge in [-0.2, -0.15) is 0 Å². The van der Waals surface area contributed by atoms with Crippen molar-refractivity contribution in [2.45, 2.75) is 25.3 Å². The molecule has 3 aromatic rings. The topological polar surface area (TPSA) is 74.9 Å². The van der Waals surface area contributed by atoms with Gasteiger partial charge in [0.1, 0.15) is 0 Å². The van der Waals surface area contributed by atoms with Crippen LogP contribution < -0.4 is 9.47 Å². The molecule has 0 bridgehead atoms. The molecule has 0 saturated carbocycles. The second-order valence-electron chi connectivity index (χ2n) is 8.56. The zero-order valence-corrected chi connectivity index (χ0v) is 18.8. The van der Waals surface area contributed by atoms with Gasteiger partial charge in [0.05, 0.1) is 26.0 Å². The van der Waals surface area contributed by atoms with Crippen molar-refractivity contribution < 1.29 is 19.1 Å². The van der Waals surface area contributed by atoms with Gasteiger partial charge in [-0.3, -0.25) is 9.59 Å². The van der Waals surface area contributed by atoms with Gasteiger partial charge in [0.15, 0.2) is 17.0 Å². The summed E-state index contributed by atoms with van der Waals surface area (Å²) in [7, 11) is 3.31. The number of aromatic nitrogens is 1. The standard InChI is InChI=1S/C25H27N3O4/c1-5-32-22-15(10-8-12-19(22)31-4)17-13-28-20(29)14-27(3)24(30)25(28,2)23-21(17)16-9-6-7-11-18(16)26-23/h6-12,17,26H,5,13-14H2,1-4H3/t17-,25+/m1/s1. The Morgan fingerprint density at radius 1 is 1.16 bits per heavy atom. The van der Waals surface area contributed by atoms with Crippen molar-refractivity contribution in [2.75, 3.05) is 33.9 Å². The third-order valence-corrected chi connectivity index (χ3v) is 6.82. The van der Waals surface area contributed by atoms with Gasteiger partial charge >= 0.3 is 0 Å². The van der Waals surface area contributed by atoms with E-state index in [0.717, 1.165) is 27.7 Å². The molecule has 3 heterocycles. The van der Waals surface area contributed by atoms with Gasteiger partial charge < -0.3 is 24.3 Å². The van der Waals surface area contributed by atoms with Gasteiger partial charge in [0, 0.05) is 36.0 Å². The number of hydrogen-bond acceptors (Lipinski definition) is 4. The van der Waals surface area contributed by atoms with Crippen LogP contribution in [0.5, 0.6) is 11.5 Å². The number of methoxy groups -OCH3 is 1. The molecule has 5 rings (SSSR count). The van der Waals surface area contributed by atoms with Gasteiger partial charge in [-0.05, 0) is 31.5 Å². The number of rotatable bonds is 4. The van der Waals surface area contributed by atoms with Crippen molar-refractivity contribution in [2.24, 2.45) is 0 Å². The van der Waals surface area contributed by atoms with E-state index in [1.165, 1.54) is 4.90 Å². The first-order valence-electron chi connectivity index (χ1n) is 10.9. The van der Waals surface area contributed by atoms with E-state index in [0.29, 0.717) is 24.7 Å². The van der Waals surface area contributed by atoms with Crippen molar-refractivity contribution in [1.29, 1.82) is 0 Å². The third-order valence-electron chi connectivity index (χ3n) is 6.82. The molecule has 1 fully saturated rings. The Kier molecular flexibility index (Phi) is 4.65. The lowest BCUT2D eigenvalue weighted by Crippen LogP contribution is -2.66. The number of nitrogens with zero attached hydrogens (tertiary/aromatic N) is 2. The highest BCUT2D eigenvalue weighted by Crippen LogP contribution is 2.50. The van der Waals surface area contributed by atoms with Crippen LogP contribution in [0.1, 0.15) is 36.6 Å². The number of carbonyl (C=O) groups excluding carboxylic acids is 2. The summed E-state index contributed by atoms with van der Waals surface area (Å²) < 4.78 is 11.6. The Balaban J connectivity index is 1.81. The maximum absolute atomic E-state index is 13.4. The van der Waals surface area contributed by atoms with Crippen LogP contribution in [-0.2, 0) is 15.1 Å². The molecule has 2 amide bonds. The molecule has 7 heteroatoms. The second kappa shape index (κ2) is 7.29. The molecular weight excluding hydrogens is 406 g/mol. The molecule has 1 N–H and O–H groups in total. The van der Waals surface area contributed by atoms with Crippen LogP contribution in [0.4, 0.5) is 0 Å². The summed E-state index contributed by atoms with van der Waals surface area (Å²) in [6.07, 6.45) is 0. The van der Waals surface area contributed by atoms with Gasteiger partial charge in [0.2, 0.25) is 5.91 Å². The molecule has 32 heavy (non-hydrogen) atoms. The van der Waals surface area contributed by atoms with Crippen LogP contribution in [0.3, 0.4) is 0 Å². The van der Waals surface area contributed by atoms with E-state index >= 15 is 0 Å². The number of ether oxygens (including phenoxy) is 2. The minimum absolute atomic E-state index is 0.0650. The molecule has 2 aliphatic heterocycles. The highest BCUT2D eigenvalue weighted by molar-refractivity contribution is 6.01. The largest absolute Gasteiger partial charge is 0.493 e. The quantitative estimate of drug-likeness (QED) is 0.686. The predicted molar refractivity (Wildman–Crippen MR) is 121 cm³/mol. The van der Waals surface area contributed by atoms with Crippen molar-refractivity contribution in [3.05, 3.63) is 59.3 Å². The maximum atomic E-state index is 13.4. The molecule has 0 radical (unpaired) electrons. The Bertz CT molecular complexity index is 1230. The second-order valence-corrected chi connectivity index (χ2v) is 8.56. The van der Waals surface area contributed by atoms with Crippen molar-refractivity contribution >= 4 is 22.7 Å². The molecule has 2 aliphatic rings. The van der Waals surface area contributed by atoms with Crippen molar-refractivity contribution in [3.8, 4) is 11.5 Å². The summed E-state index contributed by atoms with van der Waals surface area (Å²) in [5, 5.41) is 1.05. The molecule has 1 aromatic heterocycles. The molecule has 0 aliphatic carbocycles. The first-order valence-corrected chi connectivity index (χ1v) is 10.9. The van der Waals surface area contributed by atoms with Crippen molar-refractivity contribution in [3.63, 3.8) is 0 Å². The molecule has 0 spiro atoms. The number of fused-ring (bicyclic) bond motifs is 5. The smallest absolute Gasteiger partial charge is 0.254 e. The Hall–Kier alpha value is -3.48. The summed E-state index contributed by atoms with van der Waals surface area (Å²) in [4.78, 5) is 33.4. The predicted octanol–water partition coefficient (Wildman–Crippen LogP) is 3.24. The van der Waals surface area contributed by atoms with Crippen molar-refractivity contribution in [1.82, 2.24) is 14.8 Å². The summed E-state index contributed by atoms with van der Waals surface area (Å²) in [6, 6.07) is 13.9. The van der Waals surface area contributed by atoms with E-state index in [4.69, 9.17) is 9.47 Å². The summed E-state index contributed by atoms with van der Waals surface area (Å²) >= 11 is 0. The number of H-pyrrole nitrogens is 1. The van der Waals surface area contributed by atoms with Gasteiger partial charge in [0.25, 0.3) is 5.91 Å². The molecule has 1 saturated heterocycles. The minimum atomic E-state index is -1.08. The highest BCUT2D eigenvalue weighted by Gasteiger charge is 2.55. The minimum Gasteiger partial charge on any atom is -0.493 e. The van der Waals surface area contributed by atoms with Crippen LogP contribution in [0, 0.1) is 0 Å². The summed E-state index contributed by atoms with van der Waals surface area (Å²) in [5.41, 5.74) is 2.60. The number of aromatic amines is 1. The average molecular weight is 434 g/mol. The first kappa shape index (κ1) is 20.4. The lowest BCUT2D eigenvalue weighted by atomic mass is 9.76. The third kappa shape index (κ3) is 2.66. The first-order chi connectivity index (χ1) is 15.4. The number of likely N-dealkylation sites (N-methyl/N-ethyl adjacent to an activating group) is 1. The zero-order chi connectivity index (χ0) is 22.6. The van der Waals surface area contributed by atoms with E-state index in [2.05, 4.69) is 11.1 Å². The van der Waals surface area contributed by atoms with E-state index in [9.17, 15) is 9.59 Å². The Morgan fingerprint density at radius 3 is 2.69 bits per heavy atom. The number of hydrogen-bond donors (Lipinski definition) is 1. The summed E-state index contributed by atoms with van der Waals surface area (Å²) in [6.45, 7) is 4.74. The highest BCUT2D eigenvalue weighted by atomic mass is 16.5. The van der Waals surface area contributed by atoms with Crippen LogP contribution in [0.25, 0.3) is 10.9 Å². The fourth-order valence-corrected chi connectivity index (χ4v) is 5.33. The Morgan fingerprint density at radius 2 is 1.94 bits per heavy atom. The lowest BCUT2D eigenvalue weighted by Gasteiger charge is -2.50. The monoisotopic (exact) mass is 433 g/mol. The van der Waals surface area contributed by atoms with E-state index in [-0.39, 0.29) is 24.3 Å². The molecular formula is C25H27N3O4. The number of para-hydroxylation sites is 2. The number of nitrogens with one attached hydrogen (secondary N) is 1. The Labute approximate surface area is 186 Å². The van der Waals surface area contributed by atoms with E-state index in [1.54, 1.807) is 19.1 Å². The van der Waals surface area contributed by atoms with Crippen LogP contribution >= 0.6 is 0 Å². The van der Waals surface area contributed by atoms with Crippen LogP contribution in [-0.4, -0.2) is 60.5 Å². The number of benzene rings is 2. The van der Waals surface area contributed by atoms with E-state index < -0.39 is 5.54 Å². The fourth-order valence-electron chi connectivity index (χ4n) is 5.33. The van der Waals surface area contributed by atoms with Gasteiger partial charge in [-0.1, -0.05) is 30.3 Å². The van der Waals surface area contributed by atoms with Gasteiger partial charge in [-0.15, -0.1) is 0 Å². The molecule has 7 nitrogen and oxygen atoms in total.